The largest absolute Gasteiger partial charge is 0.465 e. The number of ether oxygens (including phenoxy) is 1. The lowest BCUT2D eigenvalue weighted by Crippen LogP contribution is -2.02. The van der Waals surface area contributed by atoms with E-state index in [1.165, 1.54) is 6.92 Å². The van der Waals surface area contributed by atoms with Gasteiger partial charge in [-0.05, 0) is 0 Å². The summed E-state index contributed by atoms with van der Waals surface area (Å²) in [5.74, 6) is 4.71. The minimum absolute atomic E-state index is 0.168. The van der Waals surface area contributed by atoms with E-state index >= 15 is 0 Å². The summed E-state index contributed by atoms with van der Waals surface area (Å²) in [4.78, 5) is 10.3. The Hall–Kier alpha value is -1.06. The van der Waals surface area contributed by atoms with Crippen molar-refractivity contribution in [1.82, 2.24) is 0 Å². The molecule has 0 N–H and O–H groups in total. The molecule has 0 spiro atoms. The first-order valence-corrected chi connectivity index (χ1v) is 5.67. The Morgan fingerprint density at radius 1 is 1.36 bits per heavy atom. The van der Waals surface area contributed by atoms with Crippen molar-refractivity contribution in [1.29, 1.82) is 0 Å². The number of esters is 1. The highest BCUT2D eigenvalue weighted by Gasteiger charge is 1.97. The second kappa shape index (κ2) is 6.40. The maximum atomic E-state index is 10.5. The van der Waals surface area contributed by atoms with Crippen LogP contribution in [-0.4, -0.2) is 33.9 Å². The summed E-state index contributed by atoms with van der Waals surface area (Å²) in [6, 6.07) is 0. The molecule has 0 radical (unpaired) electrons. The van der Waals surface area contributed by atoms with Crippen LogP contribution in [-0.2, 0) is 23.8 Å². The summed E-state index contributed by atoms with van der Waals surface area (Å²) < 4.78 is 29.8. The fourth-order valence-electron chi connectivity index (χ4n) is 0.522. The highest BCUT2D eigenvalue weighted by Crippen LogP contribution is 1.85. The van der Waals surface area contributed by atoms with Crippen LogP contribution >= 0.6 is 0 Å². The van der Waals surface area contributed by atoms with Gasteiger partial charge >= 0.3 is 5.97 Å². The van der Waals surface area contributed by atoms with Gasteiger partial charge in [-0.3, -0.25) is 8.98 Å². The summed E-state index contributed by atoms with van der Waals surface area (Å²) >= 11 is 0. The third-order valence-corrected chi connectivity index (χ3v) is 1.55. The van der Waals surface area contributed by atoms with Gasteiger partial charge in [0.1, 0.15) is 13.2 Å². The first kappa shape index (κ1) is 12.9. The van der Waals surface area contributed by atoms with E-state index < -0.39 is 10.1 Å². The van der Waals surface area contributed by atoms with Gasteiger partial charge in [-0.15, -0.1) is 0 Å². The molecular formula is C8H12O5S. The summed E-state index contributed by atoms with van der Waals surface area (Å²) in [6.45, 7) is 1.35. The number of rotatable bonds is 4. The first-order chi connectivity index (χ1) is 6.42. The van der Waals surface area contributed by atoms with E-state index in [0.29, 0.717) is 6.42 Å². The normalized spacial score (nSPS) is 10.1. The second-order valence-electron chi connectivity index (χ2n) is 2.41. The minimum Gasteiger partial charge on any atom is -0.465 e. The molecule has 0 saturated carbocycles. The van der Waals surface area contributed by atoms with Crippen molar-refractivity contribution >= 4 is 16.1 Å². The van der Waals surface area contributed by atoms with Gasteiger partial charge in [0.2, 0.25) is 0 Å². The van der Waals surface area contributed by atoms with Crippen LogP contribution in [0.15, 0.2) is 0 Å². The molecule has 6 heteroatoms. The van der Waals surface area contributed by atoms with Crippen LogP contribution < -0.4 is 0 Å². The fourth-order valence-corrected chi connectivity index (χ4v) is 0.795. The zero-order valence-electron chi connectivity index (χ0n) is 8.07. The molecule has 5 nitrogen and oxygen atoms in total. The zero-order chi connectivity index (χ0) is 11.0. The third-order valence-electron chi connectivity index (χ3n) is 1.00. The van der Waals surface area contributed by atoms with Crippen LogP contribution in [0.25, 0.3) is 0 Å². The van der Waals surface area contributed by atoms with E-state index in [1.54, 1.807) is 0 Å². The molecule has 0 aromatic heterocycles. The molecule has 0 unspecified atom stereocenters. The van der Waals surface area contributed by atoms with Crippen LogP contribution in [0.4, 0.5) is 0 Å². The molecular weight excluding hydrogens is 208 g/mol. The maximum absolute atomic E-state index is 10.5. The molecule has 0 heterocycles. The highest BCUT2D eigenvalue weighted by molar-refractivity contribution is 7.85. The maximum Gasteiger partial charge on any atom is 0.302 e. The van der Waals surface area contributed by atoms with Gasteiger partial charge in [-0.2, -0.15) is 8.42 Å². The van der Waals surface area contributed by atoms with Crippen LogP contribution in [0.3, 0.4) is 0 Å². The summed E-state index contributed by atoms with van der Waals surface area (Å²) in [5, 5.41) is 0. The van der Waals surface area contributed by atoms with Crippen LogP contribution in [0.1, 0.15) is 13.3 Å². The average molecular weight is 220 g/mol. The Morgan fingerprint density at radius 2 is 2.00 bits per heavy atom. The smallest absolute Gasteiger partial charge is 0.302 e. The molecule has 0 aliphatic carbocycles. The van der Waals surface area contributed by atoms with Crippen LogP contribution in [0.2, 0.25) is 0 Å². The summed E-state index contributed by atoms with van der Waals surface area (Å²) in [6.07, 6.45) is 1.32. The van der Waals surface area contributed by atoms with Gasteiger partial charge in [0.05, 0.1) is 6.26 Å². The average Bonchev–Trinajstić information content (AvgIpc) is 2.00. The van der Waals surface area contributed by atoms with E-state index in [-0.39, 0.29) is 19.2 Å². The Balaban J connectivity index is 3.50. The SMILES string of the molecule is CC(=O)OCCC#CCOS(C)(=O)=O. The predicted molar refractivity (Wildman–Crippen MR) is 49.8 cm³/mol. The van der Waals surface area contributed by atoms with Crippen LogP contribution in [0.5, 0.6) is 0 Å². The first-order valence-electron chi connectivity index (χ1n) is 3.85. The number of carbonyl (C=O) groups excluding carboxylic acids is 1. The molecule has 0 amide bonds. The molecule has 0 aliphatic heterocycles. The Kier molecular flexibility index (Phi) is 5.92. The van der Waals surface area contributed by atoms with Crippen molar-refractivity contribution in [2.75, 3.05) is 19.5 Å². The standard InChI is InChI=1S/C8H12O5S/c1-8(9)12-6-4-3-5-7-13-14(2,10)11/h4,6-7H2,1-2H3. The quantitative estimate of drug-likeness (QED) is 0.287. The highest BCUT2D eigenvalue weighted by atomic mass is 32.2. The molecule has 0 aliphatic rings. The predicted octanol–water partition coefficient (Wildman–Crippen LogP) is -0.0808. The van der Waals surface area contributed by atoms with Gasteiger partial charge in [0.25, 0.3) is 10.1 Å². The Bertz CT molecular complexity index is 332. The molecule has 0 rings (SSSR count). The molecule has 0 aromatic carbocycles. The van der Waals surface area contributed by atoms with Gasteiger partial charge in [0, 0.05) is 13.3 Å². The number of hydrogen-bond donors (Lipinski definition) is 0. The zero-order valence-corrected chi connectivity index (χ0v) is 8.89. The molecule has 0 fully saturated rings. The van der Waals surface area contributed by atoms with Crippen molar-refractivity contribution in [2.45, 2.75) is 13.3 Å². The summed E-state index contributed by atoms with van der Waals surface area (Å²) in [7, 11) is -3.42. The number of hydrogen-bond acceptors (Lipinski definition) is 5. The molecule has 0 saturated heterocycles. The molecule has 0 aromatic rings. The fraction of sp³-hybridized carbons (Fsp3) is 0.625. The second-order valence-corrected chi connectivity index (χ2v) is 4.05. The van der Waals surface area contributed by atoms with Crippen molar-refractivity contribution in [3.8, 4) is 11.8 Å². The number of carbonyl (C=O) groups is 1. The van der Waals surface area contributed by atoms with Crippen molar-refractivity contribution in [2.24, 2.45) is 0 Å². The monoisotopic (exact) mass is 220 g/mol. The van der Waals surface area contributed by atoms with Gasteiger partial charge in [-0.25, -0.2) is 0 Å². The molecule has 0 atom stereocenters. The van der Waals surface area contributed by atoms with Crippen LogP contribution in [0, 0.1) is 11.8 Å². The van der Waals surface area contributed by atoms with Gasteiger partial charge in [-0.1, -0.05) is 11.8 Å². The summed E-state index contributed by atoms with van der Waals surface area (Å²) in [5.41, 5.74) is 0. The molecule has 80 valence electrons. The van der Waals surface area contributed by atoms with Crippen molar-refractivity contribution < 1.29 is 22.1 Å². The van der Waals surface area contributed by atoms with E-state index in [9.17, 15) is 13.2 Å². The lowest BCUT2D eigenvalue weighted by Gasteiger charge is -1.95. The van der Waals surface area contributed by atoms with E-state index in [2.05, 4.69) is 20.8 Å². The lowest BCUT2D eigenvalue weighted by molar-refractivity contribution is -0.140. The molecule has 0 bridgehead atoms. The van der Waals surface area contributed by atoms with E-state index in [4.69, 9.17) is 0 Å². The van der Waals surface area contributed by atoms with Crippen molar-refractivity contribution in [3.05, 3.63) is 0 Å². The Morgan fingerprint density at radius 3 is 2.50 bits per heavy atom. The topological polar surface area (TPSA) is 69.7 Å². The van der Waals surface area contributed by atoms with Crippen molar-refractivity contribution in [3.63, 3.8) is 0 Å². The van der Waals surface area contributed by atoms with E-state index in [1.807, 2.05) is 0 Å². The van der Waals surface area contributed by atoms with Gasteiger partial charge < -0.3 is 4.74 Å². The lowest BCUT2D eigenvalue weighted by atomic mass is 10.4. The Labute approximate surface area is 83.5 Å². The van der Waals surface area contributed by atoms with E-state index in [0.717, 1.165) is 6.26 Å². The third kappa shape index (κ3) is 10.9. The van der Waals surface area contributed by atoms with Gasteiger partial charge in [0.15, 0.2) is 0 Å². The molecule has 14 heavy (non-hydrogen) atoms. The minimum atomic E-state index is -3.42.